The van der Waals surface area contributed by atoms with Crippen LogP contribution in [0.2, 0.25) is 0 Å². The molecule has 3 aromatic rings. The normalized spacial score (nSPS) is 12.0. The number of nitrogens with one attached hydrogen (secondary N) is 1. The number of thioether (sulfide) groups is 1. The third-order valence-electron chi connectivity index (χ3n) is 5.25. The van der Waals surface area contributed by atoms with Crippen molar-refractivity contribution in [3.05, 3.63) is 72.7 Å². The maximum absolute atomic E-state index is 13.8. The minimum atomic E-state index is -0.443. The number of hydrogen-bond donors (Lipinski definition) is 1. The molecule has 0 bridgehead atoms. The zero-order valence-electron chi connectivity index (χ0n) is 19.4. The second-order valence-corrected chi connectivity index (χ2v) is 8.30. The molecule has 0 radical (unpaired) electrons. The van der Waals surface area contributed by atoms with Gasteiger partial charge in [0.1, 0.15) is 12.4 Å². The Labute approximate surface area is 203 Å². The van der Waals surface area contributed by atoms with Gasteiger partial charge in [0.05, 0.1) is 18.1 Å². The van der Waals surface area contributed by atoms with Gasteiger partial charge in [0, 0.05) is 13.1 Å². The van der Waals surface area contributed by atoms with Crippen LogP contribution >= 0.6 is 11.8 Å². The topological polar surface area (TPSA) is 85.4 Å². The van der Waals surface area contributed by atoms with Crippen molar-refractivity contribution in [2.24, 2.45) is 0 Å². The Balaban J connectivity index is 1.58. The van der Waals surface area contributed by atoms with E-state index in [1.807, 2.05) is 12.1 Å². The SMILES string of the molecule is C=CCn1c(COc2ccccc2F)nnc1SCC(=O)NC[C@H](c1ccco1)N(CC)CC. The summed E-state index contributed by atoms with van der Waals surface area (Å²) in [5.74, 6) is 1.09. The molecule has 10 heteroatoms. The van der Waals surface area contributed by atoms with Gasteiger partial charge in [-0.2, -0.15) is 0 Å². The van der Waals surface area contributed by atoms with Gasteiger partial charge in [0.25, 0.3) is 0 Å². The molecule has 8 nitrogen and oxygen atoms in total. The van der Waals surface area contributed by atoms with Gasteiger partial charge >= 0.3 is 0 Å². The number of aromatic nitrogens is 3. The first-order valence-corrected chi connectivity index (χ1v) is 12.1. The summed E-state index contributed by atoms with van der Waals surface area (Å²) >= 11 is 1.27. The van der Waals surface area contributed by atoms with E-state index < -0.39 is 5.82 Å². The molecule has 1 N–H and O–H groups in total. The van der Waals surface area contributed by atoms with E-state index in [4.69, 9.17) is 9.15 Å². The summed E-state index contributed by atoms with van der Waals surface area (Å²) in [6, 6.07) is 9.92. The summed E-state index contributed by atoms with van der Waals surface area (Å²) < 4.78 is 26.8. The third-order valence-corrected chi connectivity index (χ3v) is 6.21. The summed E-state index contributed by atoms with van der Waals surface area (Å²) in [6.07, 6.45) is 3.35. The molecule has 2 aromatic heterocycles. The molecule has 1 atom stereocenters. The number of nitrogens with zero attached hydrogens (tertiary/aromatic N) is 4. The summed E-state index contributed by atoms with van der Waals surface area (Å²) in [5.41, 5.74) is 0. The predicted octanol–water partition coefficient (Wildman–Crippen LogP) is 4.07. The van der Waals surface area contributed by atoms with Gasteiger partial charge in [-0.05, 0) is 37.4 Å². The molecular weight excluding hydrogens is 457 g/mol. The second kappa shape index (κ2) is 13.0. The van der Waals surface area contributed by atoms with Gasteiger partial charge < -0.3 is 14.5 Å². The Hall–Kier alpha value is -3.11. The number of allylic oxidation sites excluding steroid dienone is 1. The highest BCUT2D eigenvalue weighted by molar-refractivity contribution is 7.99. The van der Waals surface area contributed by atoms with Crippen LogP contribution in [-0.2, 0) is 17.9 Å². The zero-order chi connectivity index (χ0) is 24.3. The Kier molecular flexibility index (Phi) is 9.72. The van der Waals surface area contributed by atoms with E-state index in [-0.39, 0.29) is 30.1 Å². The first-order valence-electron chi connectivity index (χ1n) is 11.1. The van der Waals surface area contributed by atoms with Crippen LogP contribution < -0.4 is 10.1 Å². The largest absolute Gasteiger partial charge is 0.483 e. The quantitative estimate of drug-likeness (QED) is 0.271. The van der Waals surface area contributed by atoms with Crippen molar-refractivity contribution in [2.45, 2.75) is 38.2 Å². The van der Waals surface area contributed by atoms with Gasteiger partial charge in [-0.3, -0.25) is 14.3 Å². The monoisotopic (exact) mass is 487 g/mol. The minimum Gasteiger partial charge on any atom is -0.483 e. The third kappa shape index (κ3) is 6.71. The average Bonchev–Trinajstić information content (AvgIpc) is 3.51. The maximum Gasteiger partial charge on any atom is 0.230 e. The fourth-order valence-corrected chi connectivity index (χ4v) is 4.29. The summed E-state index contributed by atoms with van der Waals surface area (Å²) in [7, 11) is 0. The number of likely N-dealkylation sites (N-methyl/N-ethyl adjacent to an activating group) is 1. The standard InChI is InChI=1S/C24H30FN5O3S/c1-4-13-30-22(16-33-20-11-8-7-10-18(20)25)27-28-24(30)34-17-23(31)26-15-19(29(5-2)6-3)21-12-9-14-32-21/h4,7-12,14,19H,1,5-6,13,15-17H2,2-3H3,(H,26,31)/t19-/m1/s1. The van der Waals surface area contributed by atoms with Crippen molar-refractivity contribution in [1.82, 2.24) is 25.0 Å². The van der Waals surface area contributed by atoms with Crippen LogP contribution in [0.1, 0.15) is 31.5 Å². The first-order chi connectivity index (χ1) is 16.6. The van der Waals surface area contributed by atoms with Crippen molar-refractivity contribution in [2.75, 3.05) is 25.4 Å². The van der Waals surface area contributed by atoms with Gasteiger partial charge in [-0.1, -0.05) is 43.8 Å². The highest BCUT2D eigenvalue weighted by atomic mass is 32.2. The average molecular weight is 488 g/mol. The predicted molar refractivity (Wildman–Crippen MR) is 129 cm³/mol. The van der Waals surface area contributed by atoms with Crippen molar-refractivity contribution in [3.63, 3.8) is 0 Å². The summed E-state index contributed by atoms with van der Waals surface area (Å²) in [6.45, 7) is 10.5. The number of rotatable bonds is 14. The molecule has 0 spiro atoms. The van der Waals surface area contributed by atoms with Crippen molar-refractivity contribution >= 4 is 17.7 Å². The first kappa shape index (κ1) is 25.5. The number of amides is 1. The highest BCUT2D eigenvalue weighted by Crippen LogP contribution is 2.22. The molecule has 0 aliphatic rings. The molecule has 2 heterocycles. The van der Waals surface area contributed by atoms with E-state index in [1.165, 1.54) is 17.8 Å². The van der Waals surface area contributed by atoms with Gasteiger partial charge in [0.15, 0.2) is 22.5 Å². The number of carbonyl (C=O) groups is 1. The van der Waals surface area contributed by atoms with Gasteiger partial charge in [-0.15, -0.1) is 16.8 Å². The van der Waals surface area contributed by atoms with E-state index in [0.29, 0.717) is 24.1 Å². The van der Waals surface area contributed by atoms with Crippen molar-refractivity contribution < 1.29 is 18.3 Å². The lowest BCUT2D eigenvalue weighted by molar-refractivity contribution is -0.118. The van der Waals surface area contributed by atoms with E-state index in [2.05, 4.69) is 40.8 Å². The van der Waals surface area contributed by atoms with E-state index in [9.17, 15) is 9.18 Å². The number of hydrogen-bond acceptors (Lipinski definition) is 7. The smallest absolute Gasteiger partial charge is 0.230 e. The van der Waals surface area contributed by atoms with Crippen molar-refractivity contribution in [3.8, 4) is 5.75 Å². The number of ether oxygens (including phenoxy) is 1. The van der Waals surface area contributed by atoms with Crippen LogP contribution in [0, 0.1) is 5.82 Å². The Bertz CT molecular complexity index is 1050. The van der Waals surface area contributed by atoms with E-state index in [1.54, 1.807) is 35.1 Å². The van der Waals surface area contributed by atoms with E-state index in [0.717, 1.165) is 18.8 Å². The van der Waals surface area contributed by atoms with Crippen LogP contribution in [0.15, 0.2) is 64.9 Å². The fraction of sp³-hybridized carbons (Fsp3) is 0.375. The van der Waals surface area contributed by atoms with Crippen LogP contribution in [0.25, 0.3) is 0 Å². The lowest BCUT2D eigenvalue weighted by Crippen LogP contribution is -2.38. The Morgan fingerprint density at radius 2 is 2.09 bits per heavy atom. The molecule has 1 amide bonds. The van der Waals surface area contributed by atoms with Gasteiger partial charge in [-0.25, -0.2) is 4.39 Å². The van der Waals surface area contributed by atoms with Crippen LogP contribution in [0.3, 0.4) is 0 Å². The molecule has 34 heavy (non-hydrogen) atoms. The molecule has 0 aliphatic carbocycles. The number of para-hydroxylation sites is 1. The Morgan fingerprint density at radius 1 is 1.29 bits per heavy atom. The molecule has 3 rings (SSSR count). The zero-order valence-corrected chi connectivity index (χ0v) is 20.3. The van der Waals surface area contributed by atoms with Gasteiger partial charge in [0.2, 0.25) is 5.91 Å². The molecule has 0 saturated carbocycles. The second-order valence-electron chi connectivity index (χ2n) is 7.36. The Morgan fingerprint density at radius 3 is 2.76 bits per heavy atom. The molecule has 0 fully saturated rings. The summed E-state index contributed by atoms with van der Waals surface area (Å²) in [4.78, 5) is 14.8. The minimum absolute atomic E-state index is 0.0366. The number of benzene rings is 1. The number of carbonyl (C=O) groups excluding carboxylic acids is 1. The van der Waals surface area contributed by atoms with Crippen LogP contribution in [-0.4, -0.2) is 51.0 Å². The number of furan rings is 1. The van der Waals surface area contributed by atoms with E-state index >= 15 is 0 Å². The lowest BCUT2D eigenvalue weighted by Gasteiger charge is -2.28. The van der Waals surface area contributed by atoms with Crippen LogP contribution in [0.4, 0.5) is 4.39 Å². The lowest BCUT2D eigenvalue weighted by atomic mass is 10.2. The molecule has 1 aromatic carbocycles. The molecular formula is C24H30FN5O3S. The summed E-state index contributed by atoms with van der Waals surface area (Å²) in [5, 5.41) is 11.9. The molecule has 182 valence electrons. The molecule has 0 aliphatic heterocycles. The van der Waals surface area contributed by atoms with Crippen molar-refractivity contribution in [1.29, 1.82) is 0 Å². The fourth-order valence-electron chi connectivity index (χ4n) is 3.50. The highest BCUT2D eigenvalue weighted by Gasteiger charge is 2.22. The maximum atomic E-state index is 13.8. The molecule has 0 saturated heterocycles. The number of halogens is 1. The van der Waals surface area contributed by atoms with Crippen LogP contribution in [0.5, 0.6) is 5.75 Å². The molecule has 0 unspecified atom stereocenters.